The van der Waals surface area contributed by atoms with E-state index < -0.39 is 6.10 Å². The molecular formula is C19H19ClN2O3. The minimum Gasteiger partial charge on any atom is -0.481 e. The van der Waals surface area contributed by atoms with Gasteiger partial charge < -0.3 is 15.0 Å². The predicted molar refractivity (Wildman–Crippen MR) is 98.2 cm³/mol. The molecule has 1 aliphatic heterocycles. The van der Waals surface area contributed by atoms with Gasteiger partial charge in [0, 0.05) is 29.4 Å². The Morgan fingerprint density at radius 2 is 2.00 bits per heavy atom. The highest BCUT2D eigenvalue weighted by molar-refractivity contribution is 6.30. The van der Waals surface area contributed by atoms with Gasteiger partial charge in [0.2, 0.25) is 5.91 Å². The molecule has 2 aromatic rings. The van der Waals surface area contributed by atoms with E-state index in [0.717, 1.165) is 12.1 Å². The molecular weight excluding hydrogens is 340 g/mol. The monoisotopic (exact) mass is 358 g/mol. The van der Waals surface area contributed by atoms with Crippen LogP contribution in [-0.2, 0) is 9.59 Å². The van der Waals surface area contributed by atoms with E-state index in [4.69, 9.17) is 16.3 Å². The summed E-state index contributed by atoms with van der Waals surface area (Å²) in [7, 11) is 0. The number of nitrogens with zero attached hydrogens (tertiary/aromatic N) is 1. The van der Waals surface area contributed by atoms with Gasteiger partial charge in [-0.2, -0.15) is 0 Å². The van der Waals surface area contributed by atoms with E-state index in [9.17, 15) is 9.59 Å². The number of rotatable bonds is 5. The molecule has 1 saturated heterocycles. The lowest BCUT2D eigenvalue weighted by molar-refractivity contribution is -0.122. The fourth-order valence-corrected chi connectivity index (χ4v) is 2.81. The van der Waals surface area contributed by atoms with E-state index in [1.165, 1.54) is 0 Å². The van der Waals surface area contributed by atoms with Crippen LogP contribution in [0.15, 0.2) is 48.5 Å². The van der Waals surface area contributed by atoms with Gasteiger partial charge >= 0.3 is 0 Å². The van der Waals surface area contributed by atoms with E-state index in [1.54, 1.807) is 48.2 Å². The van der Waals surface area contributed by atoms with E-state index in [2.05, 4.69) is 5.32 Å². The summed E-state index contributed by atoms with van der Waals surface area (Å²) in [6.07, 6.45) is 0.766. The zero-order valence-electron chi connectivity index (χ0n) is 13.9. The first-order valence-electron chi connectivity index (χ1n) is 8.16. The molecule has 1 N–H and O–H groups in total. The maximum atomic E-state index is 12.3. The first-order valence-corrected chi connectivity index (χ1v) is 8.54. The molecule has 6 heteroatoms. The molecule has 25 heavy (non-hydrogen) atoms. The number of ether oxygens (including phenoxy) is 1. The lowest BCUT2D eigenvalue weighted by Crippen LogP contribution is -2.30. The predicted octanol–water partition coefficient (Wildman–Crippen LogP) is 3.87. The third kappa shape index (κ3) is 4.31. The smallest absolute Gasteiger partial charge is 0.265 e. The van der Waals surface area contributed by atoms with Crippen LogP contribution < -0.4 is 15.0 Å². The fraction of sp³-hybridized carbons (Fsp3) is 0.263. The minimum absolute atomic E-state index is 0.114. The number of nitrogens with one attached hydrogen (secondary N) is 1. The van der Waals surface area contributed by atoms with Gasteiger partial charge in [0.25, 0.3) is 5.91 Å². The quantitative estimate of drug-likeness (QED) is 0.882. The van der Waals surface area contributed by atoms with Crippen LogP contribution in [-0.4, -0.2) is 24.5 Å². The number of carbonyl (C=O) groups is 2. The molecule has 0 bridgehead atoms. The highest BCUT2D eigenvalue weighted by Gasteiger charge is 2.22. The highest BCUT2D eigenvalue weighted by atomic mass is 35.5. The lowest BCUT2D eigenvalue weighted by Gasteiger charge is -2.18. The minimum atomic E-state index is -0.668. The van der Waals surface area contributed by atoms with Crippen LogP contribution in [0.1, 0.15) is 19.8 Å². The molecule has 0 aromatic heterocycles. The van der Waals surface area contributed by atoms with Crippen LogP contribution in [0, 0.1) is 0 Å². The summed E-state index contributed by atoms with van der Waals surface area (Å²) >= 11 is 5.83. The summed E-state index contributed by atoms with van der Waals surface area (Å²) in [6.45, 7) is 2.39. The Morgan fingerprint density at radius 3 is 2.68 bits per heavy atom. The average molecular weight is 359 g/mol. The van der Waals surface area contributed by atoms with E-state index >= 15 is 0 Å². The Bertz CT molecular complexity index is 776. The molecule has 5 nitrogen and oxygen atoms in total. The molecule has 3 rings (SSSR count). The summed E-state index contributed by atoms with van der Waals surface area (Å²) in [6, 6.07) is 14.1. The molecule has 2 aromatic carbocycles. The number of hydrogen-bond acceptors (Lipinski definition) is 3. The van der Waals surface area contributed by atoms with Crippen molar-refractivity contribution in [3.63, 3.8) is 0 Å². The van der Waals surface area contributed by atoms with Crippen LogP contribution in [0.5, 0.6) is 5.75 Å². The Kier molecular flexibility index (Phi) is 5.24. The Morgan fingerprint density at radius 1 is 1.24 bits per heavy atom. The fourth-order valence-electron chi connectivity index (χ4n) is 2.69. The summed E-state index contributed by atoms with van der Waals surface area (Å²) in [5.74, 6) is 0.422. The van der Waals surface area contributed by atoms with Crippen molar-refractivity contribution in [2.75, 3.05) is 16.8 Å². The molecule has 0 saturated carbocycles. The van der Waals surface area contributed by atoms with Gasteiger partial charge in [-0.25, -0.2) is 0 Å². The van der Waals surface area contributed by atoms with Crippen molar-refractivity contribution in [2.45, 2.75) is 25.9 Å². The maximum Gasteiger partial charge on any atom is 0.265 e. The number of halogens is 1. The summed E-state index contributed by atoms with van der Waals surface area (Å²) in [5, 5.41) is 3.43. The zero-order valence-corrected chi connectivity index (χ0v) is 14.6. The number of anilines is 2. The third-order valence-corrected chi connectivity index (χ3v) is 4.25. The van der Waals surface area contributed by atoms with Crippen molar-refractivity contribution in [1.29, 1.82) is 0 Å². The van der Waals surface area contributed by atoms with Crippen LogP contribution in [0.25, 0.3) is 0 Å². The van der Waals surface area contributed by atoms with Gasteiger partial charge in [-0.05, 0) is 55.8 Å². The van der Waals surface area contributed by atoms with Crippen molar-refractivity contribution >= 4 is 34.8 Å². The first kappa shape index (κ1) is 17.3. The molecule has 0 spiro atoms. The summed E-state index contributed by atoms with van der Waals surface area (Å²) in [4.78, 5) is 25.9. The van der Waals surface area contributed by atoms with Crippen molar-refractivity contribution < 1.29 is 14.3 Å². The van der Waals surface area contributed by atoms with Gasteiger partial charge in [0.05, 0.1) is 0 Å². The second-order valence-corrected chi connectivity index (χ2v) is 6.34. The first-order chi connectivity index (χ1) is 12.0. The SMILES string of the molecule is CC(Oc1ccc(Cl)cc1)C(=O)Nc1cccc(N2CCCC2=O)c1. The Labute approximate surface area is 151 Å². The second kappa shape index (κ2) is 7.57. The number of hydrogen-bond donors (Lipinski definition) is 1. The van der Waals surface area contributed by atoms with Gasteiger partial charge in [-0.3, -0.25) is 9.59 Å². The summed E-state index contributed by atoms with van der Waals surface area (Å²) < 4.78 is 5.62. The van der Waals surface area contributed by atoms with Crippen LogP contribution in [0.2, 0.25) is 5.02 Å². The van der Waals surface area contributed by atoms with E-state index in [-0.39, 0.29) is 11.8 Å². The number of carbonyl (C=O) groups excluding carboxylic acids is 2. The van der Waals surface area contributed by atoms with Crippen molar-refractivity contribution in [1.82, 2.24) is 0 Å². The maximum absolute atomic E-state index is 12.3. The largest absolute Gasteiger partial charge is 0.481 e. The Balaban J connectivity index is 1.64. The number of amides is 2. The highest BCUT2D eigenvalue weighted by Crippen LogP contribution is 2.24. The van der Waals surface area contributed by atoms with E-state index in [1.807, 2.05) is 12.1 Å². The van der Waals surface area contributed by atoms with Crippen molar-refractivity contribution in [2.24, 2.45) is 0 Å². The normalized spacial score (nSPS) is 15.1. The third-order valence-electron chi connectivity index (χ3n) is 3.99. The molecule has 1 fully saturated rings. The van der Waals surface area contributed by atoms with Crippen LogP contribution in [0.4, 0.5) is 11.4 Å². The average Bonchev–Trinajstić information content (AvgIpc) is 3.03. The molecule has 0 radical (unpaired) electrons. The second-order valence-electron chi connectivity index (χ2n) is 5.90. The van der Waals surface area contributed by atoms with Crippen LogP contribution >= 0.6 is 11.6 Å². The van der Waals surface area contributed by atoms with Crippen molar-refractivity contribution in [3.8, 4) is 5.75 Å². The standard InChI is InChI=1S/C19H19ClN2O3/c1-13(25-17-9-7-14(20)8-10-17)19(24)21-15-4-2-5-16(12-15)22-11-3-6-18(22)23/h2,4-5,7-10,12-13H,3,6,11H2,1H3,(H,21,24). The molecule has 2 amide bonds. The molecule has 1 atom stereocenters. The van der Waals surface area contributed by atoms with Crippen molar-refractivity contribution in [3.05, 3.63) is 53.6 Å². The molecule has 130 valence electrons. The zero-order chi connectivity index (χ0) is 17.8. The molecule has 0 aliphatic carbocycles. The number of benzene rings is 2. The Hall–Kier alpha value is -2.53. The lowest BCUT2D eigenvalue weighted by atomic mass is 10.2. The topological polar surface area (TPSA) is 58.6 Å². The van der Waals surface area contributed by atoms with Gasteiger partial charge in [-0.1, -0.05) is 17.7 Å². The van der Waals surface area contributed by atoms with E-state index in [0.29, 0.717) is 29.4 Å². The van der Waals surface area contributed by atoms with Gasteiger partial charge in [-0.15, -0.1) is 0 Å². The molecule has 1 unspecified atom stereocenters. The van der Waals surface area contributed by atoms with Crippen LogP contribution in [0.3, 0.4) is 0 Å². The molecule has 1 heterocycles. The molecule has 1 aliphatic rings. The van der Waals surface area contributed by atoms with Gasteiger partial charge in [0.15, 0.2) is 6.10 Å². The summed E-state index contributed by atoms with van der Waals surface area (Å²) in [5.41, 5.74) is 1.43. The van der Waals surface area contributed by atoms with Gasteiger partial charge in [0.1, 0.15) is 5.75 Å².